The van der Waals surface area contributed by atoms with Gasteiger partial charge in [0.15, 0.2) is 0 Å². The van der Waals surface area contributed by atoms with E-state index in [0.29, 0.717) is 11.3 Å². The number of rotatable bonds is 2. The van der Waals surface area contributed by atoms with Crippen LogP contribution in [0.3, 0.4) is 0 Å². The molecule has 0 aliphatic heterocycles. The molecule has 2 rings (SSSR count). The zero-order valence-corrected chi connectivity index (χ0v) is 10.3. The van der Waals surface area contributed by atoms with Crippen molar-refractivity contribution in [2.75, 3.05) is 0 Å². The van der Waals surface area contributed by atoms with Crippen LogP contribution in [0.2, 0.25) is 0 Å². The van der Waals surface area contributed by atoms with Gasteiger partial charge in [0, 0.05) is 5.92 Å². The van der Waals surface area contributed by atoms with Crippen LogP contribution in [0.15, 0.2) is 0 Å². The van der Waals surface area contributed by atoms with E-state index >= 15 is 0 Å². The van der Waals surface area contributed by atoms with E-state index in [0.717, 1.165) is 11.8 Å². The molecule has 2 fully saturated rings. The minimum atomic E-state index is 0.269. The lowest BCUT2D eigenvalue weighted by Crippen LogP contribution is -2.38. The van der Waals surface area contributed by atoms with Crippen LogP contribution in [0.5, 0.6) is 0 Å². The Bertz CT molecular complexity index is 248. The maximum absolute atomic E-state index is 11.0. The average Bonchev–Trinajstić information content (AvgIpc) is 2.56. The van der Waals surface area contributed by atoms with Gasteiger partial charge in [0.25, 0.3) is 0 Å². The van der Waals surface area contributed by atoms with Crippen molar-refractivity contribution in [3.8, 4) is 0 Å². The summed E-state index contributed by atoms with van der Waals surface area (Å²) in [4.78, 5) is 11.0. The zero-order chi connectivity index (χ0) is 11.1. The summed E-state index contributed by atoms with van der Waals surface area (Å²) in [7, 11) is 0. The van der Waals surface area contributed by atoms with E-state index in [-0.39, 0.29) is 5.92 Å². The molecule has 0 saturated heterocycles. The topological polar surface area (TPSA) is 17.1 Å². The van der Waals surface area contributed by atoms with Crippen molar-refractivity contribution in [1.29, 1.82) is 0 Å². The molecule has 0 aromatic heterocycles. The number of carbonyl (C=O) groups is 1. The molecule has 0 N–H and O–H groups in total. The second kappa shape index (κ2) is 3.92. The summed E-state index contributed by atoms with van der Waals surface area (Å²) in [5.41, 5.74) is 0.470. The van der Waals surface area contributed by atoms with Gasteiger partial charge in [-0.1, -0.05) is 33.6 Å². The summed E-state index contributed by atoms with van der Waals surface area (Å²) in [5.74, 6) is 2.69. The number of fused-ring (bicyclic) bond motifs is 1. The fourth-order valence-corrected chi connectivity index (χ4v) is 4.56. The van der Waals surface area contributed by atoms with Crippen molar-refractivity contribution >= 4 is 6.29 Å². The molecule has 0 aromatic rings. The molecule has 0 heterocycles. The quantitative estimate of drug-likeness (QED) is 0.633. The minimum absolute atomic E-state index is 0.269. The standard InChI is InChI=1S/C14H24O/c1-10-5-4-8-14(3)12(10)6-7-13(14)11(2)9-15/h9-13H,4-8H2,1-3H3/t10-,11-,12?,13?,14-/m0/s1. The molecular formula is C14H24O. The van der Waals surface area contributed by atoms with Crippen LogP contribution in [-0.4, -0.2) is 6.29 Å². The molecular weight excluding hydrogens is 184 g/mol. The summed E-state index contributed by atoms with van der Waals surface area (Å²) in [6.45, 7) is 6.98. The van der Waals surface area contributed by atoms with E-state index < -0.39 is 0 Å². The number of hydrogen-bond donors (Lipinski definition) is 0. The van der Waals surface area contributed by atoms with Crippen LogP contribution in [-0.2, 0) is 4.79 Å². The third-order valence-corrected chi connectivity index (χ3v) is 5.39. The first-order valence-corrected chi connectivity index (χ1v) is 6.55. The molecule has 1 nitrogen and oxygen atoms in total. The van der Waals surface area contributed by atoms with Crippen LogP contribution in [0, 0.1) is 29.1 Å². The lowest BCUT2D eigenvalue weighted by molar-refractivity contribution is -0.114. The van der Waals surface area contributed by atoms with Gasteiger partial charge < -0.3 is 4.79 Å². The van der Waals surface area contributed by atoms with Crippen molar-refractivity contribution in [1.82, 2.24) is 0 Å². The highest BCUT2D eigenvalue weighted by Gasteiger charge is 2.51. The van der Waals surface area contributed by atoms with Gasteiger partial charge in [0.05, 0.1) is 0 Å². The lowest BCUT2D eigenvalue weighted by Gasteiger charge is -2.45. The fraction of sp³-hybridized carbons (Fsp3) is 0.929. The van der Waals surface area contributed by atoms with E-state index in [1.807, 2.05) is 0 Å². The van der Waals surface area contributed by atoms with Gasteiger partial charge in [-0.2, -0.15) is 0 Å². The summed E-state index contributed by atoms with van der Waals surface area (Å²) in [6.07, 6.45) is 7.95. The predicted octanol–water partition coefficient (Wildman–Crippen LogP) is 3.67. The second-order valence-corrected chi connectivity index (χ2v) is 6.16. The third kappa shape index (κ3) is 1.64. The lowest BCUT2D eigenvalue weighted by atomic mass is 9.60. The molecule has 5 atom stereocenters. The van der Waals surface area contributed by atoms with Gasteiger partial charge >= 0.3 is 0 Å². The average molecular weight is 208 g/mol. The van der Waals surface area contributed by atoms with Gasteiger partial charge in [0.2, 0.25) is 0 Å². The Morgan fingerprint density at radius 1 is 1.33 bits per heavy atom. The molecule has 86 valence electrons. The molecule has 0 spiro atoms. The second-order valence-electron chi connectivity index (χ2n) is 6.16. The first kappa shape index (κ1) is 11.2. The SMILES string of the molecule is C[C@@H](C=O)C1CCC2[C@@H](C)CCC[C@]12C. The molecule has 2 aliphatic rings. The van der Waals surface area contributed by atoms with Crippen LogP contribution in [0.1, 0.15) is 52.9 Å². The Morgan fingerprint density at radius 2 is 2.07 bits per heavy atom. The fourth-order valence-electron chi connectivity index (χ4n) is 4.56. The highest BCUT2D eigenvalue weighted by molar-refractivity contribution is 5.53. The van der Waals surface area contributed by atoms with Crippen molar-refractivity contribution in [3.63, 3.8) is 0 Å². The summed E-state index contributed by atoms with van der Waals surface area (Å²) in [5, 5.41) is 0. The van der Waals surface area contributed by atoms with Crippen molar-refractivity contribution in [3.05, 3.63) is 0 Å². The highest BCUT2D eigenvalue weighted by Crippen LogP contribution is 2.59. The Labute approximate surface area is 93.6 Å². The molecule has 15 heavy (non-hydrogen) atoms. The Kier molecular flexibility index (Phi) is 2.92. The summed E-state index contributed by atoms with van der Waals surface area (Å²) in [6, 6.07) is 0. The van der Waals surface area contributed by atoms with Gasteiger partial charge in [0.1, 0.15) is 6.29 Å². The minimum Gasteiger partial charge on any atom is -0.303 e. The van der Waals surface area contributed by atoms with Gasteiger partial charge in [-0.05, 0) is 42.4 Å². The molecule has 2 aliphatic carbocycles. The van der Waals surface area contributed by atoms with Crippen LogP contribution >= 0.6 is 0 Å². The Morgan fingerprint density at radius 3 is 2.73 bits per heavy atom. The van der Waals surface area contributed by atoms with E-state index in [1.54, 1.807) is 0 Å². The Balaban J connectivity index is 2.20. The maximum atomic E-state index is 11.0. The smallest absolute Gasteiger partial charge is 0.123 e. The Hall–Kier alpha value is -0.330. The molecule has 0 amide bonds. The zero-order valence-electron chi connectivity index (χ0n) is 10.3. The maximum Gasteiger partial charge on any atom is 0.123 e. The third-order valence-electron chi connectivity index (χ3n) is 5.39. The van der Waals surface area contributed by atoms with Crippen LogP contribution in [0.4, 0.5) is 0 Å². The van der Waals surface area contributed by atoms with Crippen LogP contribution in [0.25, 0.3) is 0 Å². The molecule has 1 heteroatoms. The van der Waals surface area contributed by atoms with E-state index in [2.05, 4.69) is 20.8 Å². The van der Waals surface area contributed by atoms with Crippen molar-refractivity contribution in [2.45, 2.75) is 52.9 Å². The molecule has 0 aromatic carbocycles. The number of aldehydes is 1. The van der Waals surface area contributed by atoms with Gasteiger partial charge in [-0.25, -0.2) is 0 Å². The van der Waals surface area contributed by atoms with E-state index in [9.17, 15) is 4.79 Å². The van der Waals surface area contributed by atoms with E-state index in [4.69, 9.17) is 0 Å². The highest BCUT2D eigenvalue weighted by atomic mass is 16.1. The van der Waals surface area contributed by atoms with Gasteiger partial charge in [-0.15, -0.1) is 0 Å². The monoisotopic (exact) mass is 208 g/mol. The number of carbonyl (C=O) groups excluding carboxylic acids is 1. The molecule has 0 radical (unpaired) electrons. The summed E-state index contributed by atoms with van der Waals surface area (Å²) < 4.78 is 0. The number of hydrogen-bond acceptors (Lipinski definition) is 1. The van der Waals surface area contributed by atoms with E-state index in [1.165, 1.54) is 38.4 Å². The first-order chi connectivity index (χ1) is 7.09. The van der Waals surface area contributed by atoms with Crippen LogP contribution < -0.4 is 0 Å². The van der Waals surface area contributed by atoms with Gasteiger partial charge in [-0.3, -0.25) is 0 Å². The normalized spacial score (nSPS) is 47.3. The largest absolute Gasteiger partial charge is 0.303 e. The molecule has 2 saturated carbocycles. The molecule has 2 unspecified atom stereocenters. The molecule has 0 bridgehead atoms. The van der Waals surface area contributed by atoms with Crippen molar-refractivity contribution < 1.29 is 4.79 Å². The predicted molar refractivity (Wildman–Crippen MR) is 62.6 cm³/mol. The van der Waals surface area contributed by atoms with Crippen molar-refractivity contribution in [2.24, 2.45) is 29.1 Å². The summed E-state index contributed by atoms with van der Waals surface area (Å²) >= 11 is 0. The first-order valence-electron chi connectivity index (χ1n) is 6.55.